The lowest BCUT2D eigenvalue weighted by Gasteiger charge is -2.44. The second kappa shape index (κ2) is 7.81. The molecule has 5 rings (SSSR count). The van der Waals surface area contributed by atoms with Gasteiger partial charge < -0.3 is 0 Å². The summed E-state index contributed by atoms with van der Waals surface area (Å²) in [5, 5.41) is 0. The lowest BCUT2D eigenvalue weighted by atomic mass is 9.59. The van der Waals surface area contributed by atoms with Gasteiger partial charge in [-0.15, -0.1) is 0 Å². The van der Waals surface area contributed by atoms with Gasteiger partial charge in [-0.2, -0.15) is 0 Å². The molecule has 0 spiro atoms. The van der Waals surface area contributed by atoms with Crippen molar-refractivity contribution in [3.05, 3.63) is 83.6 Å². The molecule has 0 amide bonds. The molecule has 2 aromatic heterocycles. The number of benzene rings is 2. The highest BCUT2D eigenvalue weighted by Crippen LogP contribution is 2.61. The molecule has 0 saturated heterocycles. The first-order chi connectivity index (χ1) is 16.4. The fraction of sp³-hybridized carbons (Fsp3) is 0.355. The zero-order valence-electron chi connectivity index (χ0n) is 22.1. The number of rotatable bonds is 3. The molecule has 0 unspecified atom stereocenters. The summed E-state index contributed by atoms with van der Waals surface area (Å²) >= 11 is 0. The lowest BCUT2D eigenvalue weighted by Crippen LogP contribution is -2.42. The van der Waals surface area contributed by atoms with Crippen LogP contribution in [-0.4, -0.2) is 19.9 Å². The topological polar surface area (TPSA) is 51.6 Å². The van der Waals surface area contributed by atoms with Gasteiger partial charge in [-0.3, -0.25) is 4.98 Å². The maximum Gasteiger partial charge on any atom is 0.163 e. The van der Waals surface area contributed by atoms with Gasteiger partial charge in [0.1, 0.15) is 11.6 Å². The van der Waals surface area contributed by atoms with Crippen LogP contribution in [-0.2, 0) is 10.8 Å². The van der Waals surface area contributed by atoms with Gasteiger partial charge >= 0.3 is 0 Å². The molecule has 0 bridgehead atoms. The average molecular weight is 463 g/mol. The molecule has 0 aliphatic heterocycles. The zero-order chi connectivity index (χ0) is 25.2. The summed E-state index contributed by atoms with van der Waals surface area (Å²) in [6.45, 7) is 18.1. The standard InChI is InChI=1S/C31H34N4/c1-19-33-20(2)35-28(34-19)22-11-9-21(10-12-22)24-14-16-27(32-18-24)23-13-15-25-26(17-23)30(5,6)31(7,8)29(25,3)4/h9-18H,1-8H3. The van der Waals surface area contributed by atoms with Crippen LogP contribution in [0.5, 0.6) is 0 Å². The van der Waals surface area contributed by atoms with E-state index in [0.717, 1.165) is 34.0 Å². The van der Waals surface area contributed by atoms with E-state index in [2.05, 4.69) is 111 Å². The first kappa shape index (κ1) is 23.3. The number of aromatic nitrogens is 4. The summed E-state index contributed by atoms with van der Waals surface area (Å²) in [5.41, 5.74) is 8.62. The summed E-state index contributed by atoms with van der Waals surface area (Å²) in [4.78, 5) is 18.1. The van der Waals surface area contributed by atoms with Crippen LogP contribution in [0.1, 0.15) is 64.3 Å². The molecule has 0 atom stereocenters. The van der Waals surface area contributed by atoms with E-state index in [1.807, 2.05) is 20.0 Å². The van der Waals surface area contributed by atoms with Crippen molar-refractivity contribution in [2.45, 2.75) is 66.2 Å². The Morgan fingerprint density at radius 1 is 0.543 bits per heavy atom. The van der Waals surface area contributed by atoms with E-state index in [1.165, 1.54) is 16.7 Å². The second-order valence-corrected chi connectivity index (χ2v) is 11.4. The molecule has 1 aliphatic rings. The third-order valence-electron chi connectivity index (χ3n) is 8.89. The first-order valence-electron chi connectivity index (χ1n) is 12.3. The predicted molar refractivity (Wildman–Crippen MR) is 143 cm³/mol. The molecule has 0 radical (unpaired) electrons. The molecular weight excluding hydrogens is 428 g/mol. The van der Waals surface area contributed by atoms with Crippen LogP contribution in [0.4, 0.5) is 0 Å². The van der Waals surface area contributed by atoms with Gasteiger partial charge in [0, 0.05) is 22.9 Å². The summed E-state index contributed by atoms with van der Waals surface area (Å²) in [6.07, 6.45) is 1.97. The van der Waals surface area contributed by atoms with Crippen molar-refractivity contribution in [3.63, 3.8) is 0 Å². The zero-order valence-corrected chi connectivity index (χ0v) is 22.1. The van der Waals surface area contributed by atoms with Crippen LogP contribution in [0.15, 0.2) is 60.8 Å². The minimum Gasteiger partial charge on any atom is -0.256 e. The third-order valence-corrected chi connectivity index (χ3v) is 8.89. The average Bonchev–Trinajstić information content (AvgIpc) is 2.93. The van der Waals surface area contributed by atoms with Crippen molar-refractivity contribution in [1.29, 1.82) is 0 Å². The fourth-order valence-electron chi connectivity index (χ4n) is 5.51. The van der Waals surface area contributed by atoms with Crippen molar-refractivity contribution in [1.82, 2.24) is 19.9 Å². The second-order valence-electron chi connectivity index (χ2n) is 11.4. The molecule has 0 saturated carbocycles. The SMILES string of the molecule is Cc1nc(C)nc(-c2ccc(-c3ccc(-c4ccc5c(c4)C(C)(C)C(C)(C)C5(C)C)nc3)cc2)n1. The largest absolute Gasteiger partial charge is 0.256 e. The number of hydrogen-bond donors (Lipinski definition) is 0. The maximum atomic E-state index is 4.84. The minimum atomic E-state index is 0.0825. The van der Waals surface area contributed by atoms with Gasteiger partial charge in [-0.05, 0) is 58.9 Å². The van der Waals surface area contributed by atoms with Gasteiger partial charge in [-0.1, -0.05) is 84.0 Å². The third kappa shape index (κ3) is 3.58. The molecule has 0 fully saturated rings. The summed E-state index contributed by atoms with van der Waals surface area (Å²) in [5.74, 6) is 2.18. The van der Waals surface area contributed by atoms with Crippen molar-refractivity contribution >= 4 is 0 Å². The van der Waals surface area contributed by atoms with Gasteiger partial charge in [0.25, 0.3) is 0 Å². The monoisotopic (exact) mass is 462 g/mol. The summed E-state index contributed by atoms with van der Waals surface area (Å²) in [6, 6.07) is 19.5. The van der Waals surface area contributed by atoms with E-state index in [-0.39, 0.29) is 16.2 Å². The van der Waals surface area contributed by atoms with Crippen molar-refractivity contribution < 1.29 is 0 Å². The molecule has 4 nitrogen and oxygen atoms in total. The normalized spacial score (nSPS) is 17.3. The van der Waals surface area contributed by atoms with E-state index >= 15 is 0 Å². The van der Waals surface area contributed by atoms with Gasteiger partial charge in [0.2, 0.25) is 0 Å². The Labute approximate surface area is 208 Å². The summed E-state index contributed by atoms with van der Waals surface area (Å²) in [7, 11) is 0. The lowest BCUT2D eigenvalue weighted by molar-refractivity contribution is 0.125. The van der Waals surface area contributed by atoms with Crippen molar-refractivity contribution in [2.75, 3.05) is 0 Å². The van der Waals surface area contributed by atoms with E-state index in [4.69, 9.17) is 4.98 Å². The Morgan fingerprint density at radius 3 is 1.69 bits per heavy atom. The Balaban J connectivity index is 1.43. The Hall–Kier alpha value is -3.40. The molecule has 178 valence electrons. The van der Waals surface area contributed by atoms with Crippen LogP contribution in [0.3, 0.4) is 0 Å². The maximum absolute atomic E-state index is 4.84. The Morgan fingerprint density at radius 2 is 1.09 bits per heavy atom. The van der Waals surface area contributed by atoms with Crippen LogP contribution >= 0.6 is 0 Å². The highest BCUT2D eigenvalue weighted by Gasteiger charge is 2.56. The first-order valence-corrected chi connectivity index (χ1v) is 12.3. The highest BCUT2D eigenvalue weighted by atomic mass is 15.0. The fourth-order valence-corrected chi connectivity index (χ4v) is 5.51. The van der Waals surface area contributed by atoms with E-state index < -0.39 is 0 Å². The highest BCUT2D eigenvalue weighted by molar-refractivity contribution is 5.70. The minimum absolute atomic E-state index is 0.0825. The molecule has 4 aromatic rings. The molecule has 2 aromatic carbocycles. The quantitative estimate of drug-likeness (QED) is 0.317. The number of aryl methyl sites for hydroxylation is 2. The molecule has 2 heterocycles. The molecule has 1 aliphatic carbocycles. The number of hydrogen-bond acceptors (Lipinski definition) is 4. The van der Waals surface area contributed by atoms with Crippen molar-refractivity contribution in [3.8, 4) is 33.8 Å². The van der Waals surface area contributed by atoms with Gasteiger partial charge in [0.15, 0.2) is 5.82 Å². The molecular formula is C31H34N4. The van der Waals surface area contributed by atoms with Gasteiger partial charge in [0.05, 0.1) is 5.69 Å². The Kier molecular flexibility index (Phi) is 5.21. The van der Waals surface area contributed by atoms with Gasteiger partial charge in [-0.25, -0.2) is 15.0 Å². The molecule has 4 heteroatoms. The Bertz CT molecular complexity index is 1390. The van der Waals surface area contributed by atoms with Crippen LogP contribution in [0, 0.1) is 19.3 Å². The summed E-state index contributed by atoms with van der Waals surface area (Å²) < 4.78 is 0. The van der Waals surface area contributed by atoms with E-state index in [9.17, 15) is 0 Å². The van der Waals surface area contributed by atoms with Crippen LogP contribution < -0.4 is 0 Å². The number of pyridine rings is 1. The van der Waals surface area contributed by atoms with Crippen LogP contribution in [0.2, 0.25) is 0 Å². The van der Waals surface area contributed by atoms with E-state index in [0.29, 0.717) is 5.82 Å². The number of nitrogens with zero attached hydrogens (tertiary/aromatic N) is 4. The predicted octanol–water partition coefficient (Wildman–Crippen LogP) is 7.48. The van der Waals surface area contributed by atoms with Crippen LogP contribution in [0.25, 0.3) is 33.8 Å². The molecule has 35 heavy (non-hydrogen) atoms. The van der Waals surface area contributed by atoms with Crippen molar-refractivity contribution in [2.24, 2.45) is 5.41 Å². The van der Waals surface area contributed by atoms with E-state index in [1.54, 1.807) is 0 Å². The molecule has 0 N–H and O–H groups in total. The number of fused-ring (bicyclic) bond motifs is 1. The smallest absolute Gasteiger partial charge is 0.163 e.